The fraction of sp³-hybridized carbons (Fsp3) is 0.333. The number of thiazole rings is 1. The Balaban J connectivity index is 1.41. The zero-order valence-corrected chi connectivity index (χ0v) is 16.1. The molecule has 2 N–H and O–H groups in total. The number of benzene rings is 1. The average Bonchev–Trinajstić information content (AvgIpc) is 3.36. The molecular weight excluding hydrogens is 388 g/mol. The molecule has 0 unspecified atom stereocenters. The predicted molar refractivity (Wildman–Crippen MR) is 103 cm³/mol. The van der Waals surface area contributed by atoms with Crippen molar-refractivity contribution in [3.8, 4) is 11.3 Å². The lowest BCUT2D eigenvalue weighted by Crippen LogP contribution is -2.46. The molecule has 140 valence electrons. The highest BCUT2D eigenvalue weighted by Gasteiger charge is 2.56. The molecule has 1 aliphatic carbocycles. The van der Waals surface area contributed by atoms with E-state index in [4.69, 9.17) is 11.6 Å². The van der Waals surface area contributed by atoms with E-state index in [0.717, 1.165) is 23.3 Å². The summed E-state index contributed by atoms with van der Waals surface area (Å²) in [4.78, 5) is 42.3. The van der Waals surface area contributed by atoms with E-state index in [-0.39, 0.29) is 18.4 Å². The lowest BCUT2D eigenvalue weighted by molar-refractivity contribution is -0.134. The number of urea groups is 1. The molecule has 2 heterocycles. The van der Waals surface area contributed by atoms with Gasteiger partial charge in [-0.3, -0.25) is 14.5 Å². The van der Waals surface area contributed by atoms with Crippen LogP contribution in [0, 0.1) is 5.92 Å². The lowest BCUT2D eigenvalue weighted by atomic mass is 9.96. The van der Waals surface area contributed by atoms with Crippen molar-refractivity contribution in [2.75, 3.05) is 11.9 Å². The van der Waals surface area contributed by atoms with Gasteiger partial charge in [0.2, 0.25) is 5.91 Å². The molecule has 1 atom stereocenters. The van der Waals surface area contributed by atoms with Gasteiger partial charge in [0.05, 0.1) is 5.69 Å². The number of imide groups is 1. The van der Waals surface area contributed by atoms with Gasteiger partial charge in [-0.1, -0.05) is 23.7 Å². The second kappa shape index (κ2) is 6.61. The molecule has 1 aromatic heterocycles. The van der Waals surface area contributed by atoms with Gasteiger partial charge in [-0.15, -0.1) is 11.3 Å². The van der Waals surface area contributed by atoms with Crippen LogP contribution in [-0.2, 0) is 9.59 Å². The average molecular weight is 405 g/mol. The number of halogens is 1. The SMILES string of the molecule is C[C@]1(C2CC2)NC(=O)N(CC(=O)Nc2nc(-c3ccc(Cl)cc3)cs2)C1=O. The maximum atomic E-state index is 12.6. The number of carbonyl (C=O) groups excluding carboxylic acids is 3. The molecule has 2 fully saturated rings. The summed E-state index contributed by atoms with van der Waals surface area (Å²) >= 11 is 7.15. The third kappa shape index (κ3) is 3.42. The minimum absolute atomic E-state index is 0.155. The lowest BCUT2D eigenvalue weighted by Gasteiger charge is -2.20. The van der Waals surface area contributed by atoms with Crippen LogP contribution in [-0.4, -0.2) is 39.8 Å². The van der Waals surface area contributed by atoms with E-state index in [0.29, 0.717) is 15.8 Å². The fourth-order valence-electron chi connectivity index (χ4n) is 3.18. The summed E-state index contributed by atoms with van der Waals surface area (Å²) in [5.41, 5.74) is 0.703. The number of rotatable bonds is 5. The molecule has 7 nitrogen and oxygen atoms in total. The maximum absolute atomic E-state index is 12.6. The highest BCUT2D eigenvalue weighted by molar-refractivity contribution is 7.14. The van der Waals surface area contributed by atoms with Crippen LogP contribution < -0.4 is 10.6 Å². The Kier molecular flexibility index (Phi) is 4.39. The van der Waals surface area contributed by atoms with Crippen molar-refractivity contribution in [1.29, 1.82) is 0 Å². The van der Waals surface area contributed by atoms with Gasteiger partial charge in [0.15, 0.2) is 5.13 Å². The molecule has 2 aliphatic rings. The van der Waals surface area contributed by atoms with E-state index >= 15 is 0 Å². The van der Waals surface area contributed by atoms with Crippen LogP contribution in [0.4, 0.5) is 9.93 Å². The van der Waals surface area contributed by atoms with Crippen LogP contribution in [0.3, 0.4) is 0 Å². The van der Waals surface area contributed by atoms with Crippen molar-refractivity contribution in [2.45, 2.75) is 25.3 Å². The molecule has 4 rings (SSSR count). The molecule has 0 spiro atoms. The minimum atomic E-state index is -0.889. The third-order valence-corrected chi connectivity index (χ3v) is 5.90. The molecule has 9 heteroatoms. The number of carbonyl (C=O) groups is 3. The summed E-state index contributed by atoms with van der Waals surface area (Å²) in [5, 5.41) is 8.23. The monoisotopic (exact) mass is 404 g/mol. The van der Waals surface area contributed by atoms with E-state index in [1.807, 2.05) is 17.5 Å². The number of amides is 4. The van der Waals surface area contributed by atoms with Crippen LogP contribution in [0.2, 0.25) is 5.02 Å². The largest absolute Gasteiger partial charge is 0.325 e. The van der Waals surface area contributed by atoms with Gasteiger partial charge in [0.1, 0.15) is 12.1 Å². The van der Waals surface area contributed by atoms with Crippen LogP contribution in [0.1, 0.15) is 19.8 Å². The number of anilines is 1. The number of hydrogen-bond acceptors (Lipinski definition) is 5. The first-order valence-corrected chi connectivity index (χ1v) is 9.78. The number of aromatic nitrogens is 1. The normalized spacial score (nSPS) is 22.1. The Labute approximate surface area is 164 Å². The summed E-state index contributed by atoms with van der Waals surface area (Å²) in [6.45, 7) is 1.39. The molecule has 27 heavy (non-hydrogen) atoms. The molecule has 0 radical (unpaired) electrons. The van der Waals surface area contributed by atoms with Gasteiger partial charge < -0.3 is 10.6 Å². The van der Waals surface area contributed by atoms with Crippen LogP contribution >= 0.6 is 22.9 Å². The van der Waals surface area contributed by atoms with Crippen molar-refractivity contribution in [2.24, 2.45) is 5.92 Å². The molecule has 1 aromatic carbocycles. The zero-order valence-electron chi connectivity index (χ0n) is 14.5. The Morgan fingerprint density at radius 1 is 1.37 bits per heavy atom. The van der Waals surface area contributed by atoms with Gasteiger partial charge >= 0.3 is 6.03 Å². The Bertz CT molecular complexity index is 925. The molecule has 0 bridgehead atoms. The molecule has 2 aromatic rings. The first kappa shape index (κ1) is 17.9. The maximum Gasteiger partial charge on any atom is 0.325 e. The Hall–Kier alpha value is -2.45. The highest BCUT2D eigenvalue weighted by atomic mass is 35.5. The van der Waals surface area contributed by atoms with Crippen LogP contribution in [0.25, 0.3) is 11.3 Å². The van der Waals surface area contributed by atoms with Crippen LogP contribution in [0.15, 0.2) is 29.6 Å². The Morgan fingerprint density at radius 2 is 2.07 bits per heavy atom. The second-order valence-corrected chi connectivity index (χ2v) is 8.19. The smallest absolute Gasteiger partial charge is 0.323 e. The van der Waals surface area contributed by atoms with Gasteiger partial charge in [0, 0.05) is 16.0 Å². The van der Waals surface area contributed by atoms with Gasteiger partial charge in [-0.2, -0.15) is 0 Å². The summed E-state index contributed by atoms with van der Waals surface area (Å²) in [6.07, 6.45) is 1.82. The predicted octanol–water partition coefficient (Wildman–Crippen LogP) is 3.12. The molecular formula is C18H17ClN4O3S. The van der Waals surface area contributed by atoms with E-state index in [9.17, 15) is 14.4 Å². The van der Waals surface area contributed by atoms with Crippen molar-refractivity contribution < 1.29 is 14.4 Å². The zero-order chi connectivity index (χ0) is 19.2. The molecule has 1 saturated heterocycles. The molecule has 4 amide bonds. The minimum Gasteiger partial charge on any atom is -0.323 e. The summed E-state index contributed by atoms with van der Waals surface area (Å²) in [6, 6.07) is 6.70. The number of nitrogens with zero attached hydrogens (tertiary/aromatic N) is 2. The summed E-state index contributed by atoms with van der Waals surface area (Å²) in [7, 11) is 0. The highest BCUT2D eigenvalue weighted by Crippen LogP contribution is 2.42. The molecule has 1 saturated carbocycles. The van der Waals surface area contributed by atoms with Gasteiger partial charge in [0.25, 0.3) is 5.91 Å². The first-order chi connectivity index (χ1) is 12.9. The molecule has 1 aliphatic heterocycles. The standard InChI is InChI=1S/C18H17ClN4O3S/c1-18(11-4-5-11)15(25)23(17(26)22-18)8-14(24)21-16-20-13(9-27-16)10-2-6-12(19)7-3-10/h2-3,6-7,9,11H,4-5,8H2,1H3,(H,22,26)(H,20,21,24)/t18-/m1/s1. The third-order valence-electron chi connectivity index (χ3n) is 4.89. The van der Waals surface area contributed by atoms with Gasteiger partial charge in [-0.25, -0.2) is 9.78 Å². The summed E-state index contributed by atoms with van der Waals surface area (Å²) in [5.74, 6) is -0.649. The van der Waals surface area contributed by atoms with Gasteiger partial charge in [-0.05, 0) is 37.8 Å². The van der Waals surface area contributed by atoms with Crippen molar-refractivity contribution in [3.05, 3.63) is 34.7 Å². The quantitative estimate of drug-likeness (QED) is 0.749. The van der Waals surface area contributed by atoms with E-state index in [1.165, 1.54) is 11.3 Å². The first-order valence-electron chi connectivity index (χ1n) is 8.52. The van der Waals surface area contributed by atoms with Crippen molar-refractivity contribution >= 4 is 45.9 Å². The number of nitrogens with one attached hydrogen (secondary N) is 2. The Morgan fingerprint density at radius 3 is 2.74 bits per heavy atom. The van der Waals surface area contributed by atoms with E-state index in [2.05, 4.69) is 15.6 Å². The number of hydrogen-bond donors (Lipinski definition) is 2. The topological polar surface area (TPSA) is 91.4 Å². The second-order valence-electron chi connectivity index (χ2n) is 6.89. The van der Waals surface area contributed by atoms with Crippen molar-refractivity contribution in [1.82, 2.24) is 15.2 Å². The van der Waals surface area contributed by atoms with E-state index in [1.54, 1.807) is 19.1 Å². The summed E-state index contributed by atoms with van der Waals surface area (Å²) < 4.78 is 0. The fourth-order valence-corrected chi connectivity index (χ4v) is 4.05. The van der Waals surface area contributed by atoms with E-state index < -0.39 is 17.5 Å². The van der Waals surface area contributed by atoms with Crippen molar-refractivity contribution in [3.63, 3.8) is 0 Å². The van der Waals surface area contributed by atoms with Crippen LogP contribution in [0.5, 0.6) is 0 Å².